The first-order valence-electron chi connectivity index (χ1n) is 4.63. The van der Waals surface area contributed by atoms with Crippen LogP contribution in [0.25, 0.3) is 0 Å². The van der Waals surface area contributed by atoms with Gasteiger partial charge in [0.2, 0.25) is 5.91 Å². The van der Waals surface area contributed by atoms with Gasteiger partial charge in [0.25, 0.3) is 0 Å². The maximum Gasteiger partial charge on any atom is 0.220 e. The van der Waals surface area contributed by atoms with E-state index < -0.39 is 0 Å². The van der Waals surface area contributed by atoms with E-state index in [0.29, 0.717) is 24.4 Å². The third-order valence-electron chi connectivity index (χ3n) is 1.79. The highest BCUT2D eigenvalue weighted by molar-refractivity contribution is 7.80. The Morgan fingerprint density at radius 2 is 2.27 bits per heavy atom. The van der Waals surface area contributed by atoms with E-state index in [1.165, 1.54) is 0 Å². The maximum atomic E-state index is 11.3. The van der Waals surface area contributed by atoms with Crippen LogP contribution in [0.15, 0.2) is 24.4 Å². The molecule has 1 aromatic rings. The molecule has 1 amide bonds. The molecular weight excluding hydrogens is 210 g/mol. The number of nitrogens with one attached hydrogen (secondary N) is 1. The zero-order chi connectivity index (χ0) is 11.1. The van der Waals surface area contributed by atoms with Gasteiger partial charge in [-0.2, -0.15) is 0 Å². The van der Waals surface area contributed by atoms with Crippen LogP contribution in [0.3, 0.4) is 0 Å². The average Bonchev–Trinajstić information content (AvgIpc) is 2.25. The van der Waals surface area contributed by atoms with Crippen molar-refractivity contribution in [3.63, 3.8) is 0 Å². The lowest BCUT2D eigenvalue weighted by Gasteiger charge is -2.03. The molecule has 0 fully saturated rings. The Balaban J connectivity index is 2.26. The number of thiocarbonyl (C=S) groups is 1. The standard InChI is InChI=1S/C10H13N3OS/c11-9(15)4-5-10(14)13-7-8-3-1-2-6-12-8/h1-3,6H,4-5,7H2,(H2,11,15)(H,13,14). The Bertz CT molecular complexity index is 340. The van der Waals surface area contributed by atoms with Crippen LogP contribution in [-0.4, -0.2) is 15.9 Å². The molecule has 0 aliphatic heterocycles. The average molecular weight is 223 g/mol. The molecule has 80 valence electrons. The Hall–Kier alpha value is -1.49. The summed E-state index contributed by atoms with van der Waals surface area (Å²) in [7, 11) is 0. The van der Waals surface area contributed by atoms with E-state index in [1.54, 1.807) is 6.20 Å². The molecule has 0 aliphatic carbocycles. The van der Waals surface area contributed by atoms with E-state index in [9.17, 15) is 4.79 Å². The van der Waals surface area contributed by atoms with Crippen molar-refractivity contribution in [3.05, 3.63) is 30.1 Å². The van der Waals surface area contributed by atoms with Gasteiger partial charge in [-0.15, -0.1) is 0 Å². The topological polar surface area (TPSA) is 68.0 Å². The van der Waals surface area contributed by atoms with Gasteiger partial charge in [-0.1, -0.05) is 18.3 Å². The van der Waals surface area contributed by atoms with Crippen LogP contribution in [0, 0.1) is 0 Å². The van der Waals surface area contributed by atoms with Crippen molar-refractivity contribution in [2.45, 2.75) is 19.4 Å². The quantitative estimate of drug-likeness (QED) is 0.723. The summed E-state index contributed by atoms with van der Waals surface area (Å²) in [6.45, 7) is 0.441. The summed E-state index contributed by atoms with van der Waals surface area (Å²) >= 11 is 4.68. The molecule has 0 saturated heterocycles. The fraction of sp³-hybridized carbons (Fsp3) is 0.300. The Kier molecular flexibility index (Phi) is 4.70. The fourth-order valence-electron chi connectivity index (χ4n) is 1.02. The number of carbonyl (C=O) groups excluding carboxylic acids is 1. The molecule has 4 nitrogen and oxygen atoms in total. The van der Waals surface area contributed by atoms with Gasteiger partial charge in [-0.25, -0.2) is 0 Å². The molecule has 0 saturated carbocycles. The highest BCUT2D eigenvalue weighted by atomic mass is 32.1. The lowest BCUT2D eigenvalue weighted by atomic mass is 10.3. The summed E-state index contributed by atoms with van der Waals surface area (Å²) in [4.78, 5) is 15.7. The van der Waals surface area contributed by atoms with Crippen molar-refractivity contribution in [1.29, 1.82) is 0 Å². The zero-order valence-corrected chi connectivity index (χ0v) is 9.09. The van der Waals surface area contributed by atoms with Crippen molar-refractivity contribution < 1.29 is 4.79 Å². The number of amides is 1. The molecule has 0 unspecified atom stereocenters. The monoisotopic (exact) mass is 223 g/mol. The predicted octanol–water partition coefficient (Wildman–Crippen LogP) is 0.764. The van der Waals surface area contributed by atoms with Gasteiger partial charge in [0.05, 0.1) is 17.2 Å². The fourth-order valence-corrected chi connectivity index (χ4v) is 1.12. The molecule has 1 aromatic heterocycles. The number of pyridine rings is 1. The normalized spacial score (nSPS) is 9.60. The first-order valence-corrected chi connectivity index (χ1v) is 5.04. The molecule has 0 atom stereocenters. The van der Waals surface area contributed by atoms with Crippen molar-refractivity contribution in [1.82, 2.24) is 10.3 Å². The predicted molar refractivity (Wildman–Crippen MR) is 62.1 cm³/mol. The van der Waals surface area contributed by atoms with Crippen LogP contribution in [0.1, 0.15) is 18.5 Å². The molecule has 0 spiro atoms. The molecule has 5 heteroatoms. The second-order valence-corrected chi connectivity index (χ2v) is 3.59. The summed E-state index contributed by atoms with van der Waals surface area (Å²) in [5.41, 5.74) is 6.12. The van der Waals surface area contributed by atoms with Gasteiger partial charge < -0.3 is 11.1 Å². The molecule has 0 bridgehead atoms. The molecule has 15 heavy (non-hydrogen) atoms. The second-order valence-electron chi connectivity index (χ2n) is 3.06. The Labute approximate surface area is 93.9 Å². The number of nitrogens with zero attached hydrogens (tertiary/aromatic N) is 1. The number of hydrogen-bond donors (Lipinski definition) is 2. The number of nitrogens with two attached hydrogens (primary N) is 1. The minimum Gasteiger partial charge on any atom is -0.393 e. The molecular formula is C10H13N3OS. The van der Waals surface area contributed by atoms with E-state index >= 15 is 0 Å². The largest absolute Gasteiger partial charge is 0.393 e. The first-order chi connectivity index (χ1) is 7.18. The van der Waals surface area contributed by atoms with Crippen molar-refractivity contribution >= 4 is 23.1 Å². The van der Waals surface area contributed by atoms with Crippen LogP contribution in [0.2, 0.25) is 0 Å². The minimum atomic E-state index is -0.0616. The summed E-state index contributed by atoms with van der Waals surface area (Å²) < 4.78 is 0. The summed E-state index contributed by atoms with van der Waals surface area (Å²) in [5.74, 6) is -0.0616. The second kappa shape index (κ2) is 6.08. The lowest BCUT2D eigenvalue weighted by molar-refractivity contribution is -0.121. The van der Waals surface area contributed by atoms with E-state index in [-0.39, 0.29) is 5.91 Å². The van der Waals surface area contributed by atoms with Crippen molar-refractivity contribution in [2.24, 2.45) is 5.73 Å². The lowest BCUT2D eigenvalue weighted by Crippen LogP contribution is -2.24. The Morgan fingerprint density at radius 1 is 1.47 bits per heavy atom. The van der Waals surface area contributed by atoms with E-state index in [2.05, 4.69) is 22.5 Å². The highest BCUT2D eigenvalue weighted by Crippen LogP contribution is 1.94. The summed E-state index contributed by atoms with van der Waals surface area (Å²) in [6.07, 6.45) is 2.47. The summed E-state index contributed by atoms with van der Waals surface area (Å²) in [6, 6.07) is 5.57. The molecule has 0 radical (unpaired) electrons. The molecule has 1 rings (SSSR count). The van der Waals surface area contributed by atoms with Crippen molar-refractivity contribution in [3.8, 4) is 0 Å². The van der Waals surface area contributed by atoms with E-state index in [1.807, 2.05) is 18.2 Å². The Morgan fingerprint density at radius 3 is 2.87 bits per heavy atom. The number of rotatable bonds is 5. The molecule has 1 heterocycles. The third kappa shape index (κ3) is 5.07. The van der Waals surface area contributed by atoms with Crippen LogP contribution >= 0.6 is 12.2 Å². The summed E-state index contributed by atoms with van der Waals surface area (Å²) in [5, 5.41) is 2.74. The first kappa shape index (κ1) is 11.6. The van der Waals surface area contributed by atoms with Gasteiger partial charge in [0.1, 0.15) is 0 Å². The third-order valence-corrected chi connectivity index (χ3v) is 2.00. The molecule has 0 aliphatic rings. The molecule has 3 N–H and O–H groups in total. The van der Waals surface area contributed by atoms with Crippen molar-refractivity contribution in [2.75, 3.05) is 0 Å². The minimum absolute atomic E-state index is 0.0616. The van der Waals surface area contributed by atoms with Gasteiger partial charge in [0.15, 0.2) is 0 Å². The molecule has 0 aromatic carbocycles. The number of carbonyl (C=O) groups is 1. The van der Waals surface area contributed by atoms with Gasteiger partial charge in [0, 0.05) is 19.0 Å². The smallest absolute Gasteiger partial charge is 0.220 e. The van der Waals surface area contributed by atoms with Gasteiger partial charge in [-0.3, -0.25) is 9.78 Å². The van der Waals surface area contributed by atoms with Crippen LogP contribution in [0.5, 0.6) is 0 Å². The van der Waals surface area contributed by atoms with E-state index in [4.69, 9.17) is 5.73 Å². The zero-order valence-electron chi connectivity index (χ0n) is 8.27. The van der Waals surface area contributed by atoms with Gasteiger partial charge >= 0.3 is 0 Å². The van der Waals surface area contributed by atoms with E-state index in [0.717, 1.165) is 5.69 Å². The van der Waals surface area contributed by atoms with Crippen LogP contribution < -0.4 is 11.1 Å². The highest BCUT2D eigenvalue weighted by Gasteiger charge is 2.02. The van der Waals surface area contributed by atoms with Gasteiger partial charge in [-0.05, 0) is 12.1 Å². The number of aromatic nitrogens is 1. The SMILES string of the molecule is NC(=S)CCC(=O)NCc1ccccn1. The maximum absolute atomic E-state index is 11.3. The van der Waals surface area contributed by atoms with Crippen LogP contribution in [-0.2, 0) is 11.3 Å². The number of hydrogen-bond acceptors (Lipinski definition) is 3. The van der Waals surface area contributed by atoms with Crippen LogP contribution in [0.4, 0.5) is 0 Å².